The molecule has 0 spiro atoms. The van der Waals surface area contributed by atoms with Gasteiger partial charge in [-0.25, -0.2) is 4.79 Å². The molecule has 0 aliphatic carbocycles. The van der Waals surface area contributed by atoms with Crippen molar-refractivity contribution in [2.75, 3.05) is 55.6 Å². The van der Waals surface area contributed by atoms with Gasteiger partial charge in [0.1, 0.15) is 49.2 Å². The number of ether oxygens (including phenoxy) is 3. The molecule has 0 saturated heterocycles. The number of carbonyl (C=O) groups excluding carboxylic acids is 2. The highest BCUT2D eigenvalue weighted by Gasteiger charge is 2.32. The Morgan fingerprint density at radius 1 is 1.06 bits per heavy atom. The summed E-state index contributed by atoms with van der Waals surface area (Å²) >= 11 is 29.2. The minimum atomic E-state index is -3.10. The molecule has 3 unspecified atom stereocenters. The van der Waals surface area contributed by atoms with Crippen LogP contribution in [0.15, 0.2) is 59.4 Å². The maximum atomic E-state index is 12.5. The number of rotatable bonds is 14. The number of aliphatic carboxylic acids is 1. The summed E-state index contributed by atoms with van der Waals surface area (Å²) in [5, 5.41) is 13.3. The van der Waals surface area contributed by atoms with Gasteiger partial charge in [-0.1, -0.05) is 96.5 Å². The first-order valence-electron chi connectivity index (χ1n) is 21.1. The summed E-state index contributed by atoms with van der Waals surface area (Å²) in [4.78, 5) is 57.3. The lowest BCUT2D eigenvalue weighted by molar-refractivity contribution is -0.138. The number of hydrogen-bond donors (Lipinski definition) is 3. The van der Waals surface area contributed by atoms with Gasteiger partial charge in [0.2, 0.25) is 5.91 Å². The Hall–Kier alpha value is -4.27. The first-order chi connectivity index (χ1) is 31.7. The molecule has 2 aliphatic rings. The van der Waals surface area contributed by atoms with Crippen LogP contribution in [-0.2, 0) is 49.5 Å². The largest absolute Gasteiger partial charge is 0.489 e. The first-order valence-corrected chi connectivity index (χ1v) is 25.5. The Labute approximate surface area is 415 Å². The number of terminal acetylenes is 1. The maximum Gasteiger partial charge on any atom is 0.350 e. The Kier molecular flexibility index (Phi) is 23.5. The Morgan fingerprint density at radius 2 is 1.72 bits per heavy atom. The first kappa shape index (κ1) is 57.1. The molecule has 2 aliphatic heterocycles. The van der Waals surface area contributed by atoms with Crippen LogP contribution >= 0.6 is 65.4 Å². The van der Waals surface area contributed by atoms with Gasteiger partial charge in [-0.2, -0.15) is 4.68 Å². The zero-order valence-corrected chi connectivity index (χ0v) is 42.5. The van der Waals surface area contributed by atoms with Gasteiger partial charge in [0.05, 0.1) is 33.1 Å². The minimum absolute atomic E-state index is 0.0371. The molecule has 0 bridgehead atoms. The van der Waals surface area contributed by atoms with E-state index in [0.717, 1.165) is 60.4 Å². The third-order valence-electron chi connectivity index (χ3n) is 10.1. The van der Waals surface area contributed by atoms with Crippen molar-refractivity contribution in [3.63, 3.8) is 0 Å². The van der Waals surface area contributed by atoms with E-state index in [9.17, 15) is 23.7 Å². The topological polar surface area (TPSA) is 209 Å². The van der Waals surface area contributed by atoms with Gasteiger partial charge >= 0.3 is 11.7 Å². The molecule has 67 heavy (non-hydrogen) atoms. The van der Waals surface area contributed by atoms with Gasteiger partial charge < -0.3 is 34.8 Å². The fourth-order valence-electron chi connectivity index (χ4n) is 6.74. The van der Waals surface area contributed by atoms with Crippen molar-refractivity contribution in [3.05, 3.63) is 92.1 Å². The molecule has 3 aromatic carbocycles. The second-order valence-corrected chi connectivity index (χ2v) is 19.8. The lowest BCUT2D eigenvalue weighted by atomic mass is 10.0. The number of halogens is 5. The van der Waals surface area contributed by atoms with Crippen LogP contribution in [0, 0.1) is 12.3 Å². The summed E-state index contributed by atoms with van der Waals surface area (Å²) in [5.41, 5.74) is 9.28. The van der Waals surface area contributed by atoms with Gasteiger partial charge in [0, 0.05) is 39.0 Å². The van der Waals surface area contributed by atoms with Crippen LogP contribution in [0.2, 0.25) is 10.0 Å². The second-order valence-electron chi connectivity index (χ2n) is 15.1. The number of fused-ring (bicyclic) bond motifs is 2. The monoisotopic (exact) mass is 1050 g/mol. The van der Waals surface area contributed by atoms with E-state index in [0.29, 0.717) is 40.4 Å². The van der Waals surface area contributed by atoms with E-state index in [2.05, 4.69) is 24.9 Å². The van der Waals surface area contributed by atoms with E-state index in [1.807, 2.05) is 49.4 Å². The SMILES string of the molecule is C#CCOc1cc(-n2nc3n(c2=O)CCCC3)c(Cl)cc1Cl.CC1COc2ccccc2N1C(=O)C(Cl)Cl.CCc1cccc(CC)c1N(COC)C(=O)CCl.CP(=O)(O)CCC(N)C(=O)O. The summed E-state index contributed by atoms with van der Waals surface area (Å²) in [6.07, 6.45) is 9.72. The molecule has 22 heteroatoms. The van der Waals surface area contributed by atoms with Crippen LogP contribution in [0.5, 0.6) is 11.5 Å². The van der Waals surface area contributed by atoms with Gasteiger partial charge in [-0.05, 0) is 68.4 Å². The summed E-state index contributed by atoms with van der Waals surface area (Å²) < 4.78 is 29.6. The minimum Gasteiger partial charge on any atom is -0.489 e. The molecule has 16 nitrogen and oxygen atoms in total. The number of aryl methyl sites for hydroxylation is 3. The number of methoxy groups -OCH3 is 1. The van der Waals surface area contributed by atoms with Crippen LogP contribution in [0.4, 0.5) is 11.4 Å². The fourth-order valence-corrected chi connectivity index (χ4v) is 8.36. The van der Waals surface area contributed by atoms with E-state index in [-0.39, 0.29) is 55.3 Å². The van der Waals surface area contributed by atoms with E-state index >= 15 is 0 Å². The predicted octanol–water partition coefficient (Wildman–Crippen LogP) is 7.97. The molecule has 4 aromatic rings. The normalized spacial score (nSPS) is 14.9. The summed E-state index contributed by atoms with van der Waals surface area (Å²) in [6, 6.07) is 15.5. The molecule has 366 valence electrons. The van der Waals surface area contributed by atoms with Crippen LogP contribution < -0.4 is 30.7 Å². The highest BCUT2D eigenvalue weighted by atomic mass is 35.5. The van der Waals surface area contributed by atoms with Crippen molar-refractivity contribution in [1.29, 1.82) is 0 Å². The Balaban J connectivity index is 0.000000244. The second kappa shape index (κ2) is 27.7. The molecule has 6 rings (SSSR count). The number of carboxylic acids is 1. The lowest BCUT2D eigenvalue weighted by Crippen LogP contribution is -2.47. The fraction of sp³-hybridized carbons (Fsp3) is 0.444. The van der Waals surface area contributed by atoms with Gasteiger partial charge in [-0.15, -0.1) is 23.1 Å². The highest BCUT2D eigenvalue weighted by Crippen LogP contribution is 2.37. The van der Waals surface area contributed by atoms with E-state index in [1.54, 1.807) is 27.5 Å². The number of alkyl halides is 3. The zero-order valence-electron chi connectivity index (χ0n) is 37.8. The quantitative estimate of drug-likeness (QED) is 0.0476. The Morgan fingerprint density at radius 3 is 2.27 bits per heavy atom. The maximum absolute atomic E-state index is 12.5. The van der Waals surface area contributed by atoms with Crippen LogP contribution in [0.3, 0.4) is 0 Å². The van der Waals surface area contributed by atoms with Gasteiger partial charge in [-0.3, -0.25) is 28.4 Å². The average Bonchev–Trinajstić information content (AvgIpc) is 3.64. The molecule has 1 aromatic heterocycles. The summed E-state index contributed by atoms with van der Waals surface area (Å²) in [5.74, 6) is 2.57. The average molecular weight is 1050 g/mol. The molecule has 3 heterocycles. The standard InChI is InChI=1S/C15H13Cl2N3O2.C14H20ClNO2.C11H11Cl2NO2.C5H12NO4P/c1-2-7-22-13-9-12(10(16)8-11(13)17)20-15(21)19-6-4-3-5-14(19)18-20;1-4-11-7-6-8-12(5-2)14(11)16(10-18-3)13(17)9-15;1-7-6-16-9-5-3-2-4-8(9)14(7)11(15)10(12)13;1-11(9,10)3-2-4(6)5(7)8/h1,8-9H,3-7H2;6-8H,4-5,9-10H2,1-3H3;2-5,7,10H,6H2,1H3;4H,2-3,6H2,1H3,(H,7,8)(H,9,10). The predicted molar refractivity (Wildman–Crippen MR) is 266 cm³/mol. The number of amides is 2. The lowest BCUT2D eigenvalue weighted by Gasteiger charge is -2.35. The number of anilines is 2. The van der Waals surface area contributed by atoms with Crippen LogP contribution in [-0.4, -0.2) is 105 Å². The highest BCUT2D eigenvalue weighted by molar-refractivity contribution is 7.57. The number of benzene rings is 3. The van der Waals surface area contributed by atoms with Crippen molar-refractivity contribution in [1.82, 2.24) is 14.3 Å². The Bertz CT molecular complexity index is 2440. The van der Waals surface area contributed by atoms with Gasteiger partial charge in [0.15, 0.2) is 12.2 Å². The number of aromatic nitrogens is 3. The summed E-state index contributed by atoms with van der Waals surface area (Å²) in [6.45, 7) is 8.67. The van der Waals surface area contributed by atoms with Gasteiger partial charge in [0.25, 0.3) is 5.91 Å². The number of nitrogens with zero attached hydrogens (tertiary/aromatic N) is 5. The number of nitrogens with two attached hydrogens (primary N) is 1. The van der Waals surface area contributed by atoms with E-state index in [1.165, 1.54) is 17.4 Å². The van der Waals surface area contributed by atoms with E-state index in [4.69, 9.17) is 94.4 Å². The zero-order chi connectivity index (χ0) is 50.0. The van der Waals surface area contributed by atoms with Crippen molar-refractivity contribution in [2.45, 2.75) is 82.8 Å². The van der Waals surface area contributed by atoms with Crippen molar-refractivity contribution >= 4 is 94.5 Å². The van der Waals surface area contributed by atoms with Crippen LogP contribution in [0.1, 0.15) is 57.0 Å². The number of para-hydroxylation sites is 3. The molecule has 3 atom stereocenters. The van der Waals surface area contributed by atoms with Crippen LogP contribution in [0.25, 0.3) is 5.69 Å². The third kappa shape index (κ3) is 16.4. The number of carboxylic acid groups (broad SMARTS) is 1. The molecule has 0 radical (unpaired) electrons. The van der Waals surface area contributed by atoms with Crippen molar-refractivity contribution in [2.24, 2.45) is 5.73 Å². The smallest absolute Gasteiger partial charge is 0.350 e. The molecular weight excluding hydrogens is 993 g/mol. The third-order valence-corrected chi connectivity index (χ3v) is 12.4. The number of hydrogen-bond acceptors (Lipinski definition) is 10. The molecule has 0 saturated carbocycles. The molecule has 4 N–H and O–H groups in total. The molecule has 2 amide bonds. The van der Waals surface area contributed by atoms with Crippen molar-refractivity contribution < 1.29 is 43.2 Å². The number of carbonyl (C=O) groups is 3. The van der Waals surface area contributed by atoms with E-state index < -0.39 is 24.2 Å². The molecule has 0 fully saturated rings. The summed E-state index contributed by atoms with van der Waals surface area (Å²) in [7, 11) is -1.52. The van der Waals surface area contributed by atoms with Crippen molar-refractivity contribution in [3.8, 4) is 29.5 Å². The molecular formula is C45H56Cl5N6O10P.